The van der Waals surface area contributed by atoms with Crippen LogP contribution in [0.25, 0.3) is 0 Å². The molecule has 0 bridgehead atoms. The number of carbonyl (C=O) groups is 1. The average molecular weight is 438 g/mol. The van der Waals surface area contributed by atoms with Crippen molar-refractivity contribution >= 4 is 17.2 Å². The van der Waals surface area contributed by atoms with Crippen LogP contribution in [-0.2, 0) is 25.5 Å². The lowest BCUT2D eigenvalue weighted by Gasteiger charge is -2.62. The molecule has 1 saturated heterocycles. The van der Waals surface area contributed by atoms with Crippen LogP contribution in [0.5, 0.6) is 0 Å². The molecule has 0 spiro atoms. The highest BCUT2D eigenvalue weighted by Gasteiger charge is 2.61. The molecule has 1 amide bonds. The Morgan fingerprint density at radius 3 is 2.90 bits per heavy atom. The van der Waals surface area contributed by atoms with E-state index in [1.54, 1.807) is 18.4 Å². The van der Waals surface area contributed by atoms with E-state index in [1.165, 1.54) is 0 Å². The summed E-state index contributed by atoms with van der Waals surface area (Å²) in [6.07, 6.45) is 3.31. The molecule has 1 aromatic rings. The average Bonchev–Trinajstić information content (AvgIpc) is 3.23. The molecule has 0 unspecified atom stereocenters. The topological polar surface area (TPSA) is 77.0 Å². The molecule has 168 valence electrons. The molecule has 7 atom stereocenters. The molecule has 0 radical (unpaired) electrons. The second-order valence-corrected chi connectivity index (χ2v) is 10.8. The summed E-state index contributed by atoms with van der Waals surface area (Å²) in [6.45, 7) is 6.19. The molecule has 3 fully saturated rings. The van der Waals surface area contributed by atoms with Crippen LogP contribution in [0.1, 0.15) is 50.8 Å². The van der Waals surface area contributed by atoms with E-state index in [-0.39, 0.29) is 35.0 Å². The fourth-order valence-electron chi connectivity index (χ4n) is 6.38. The quantitative estimate of drug-likeness (QED) is 0.714. The van der Waals surface area contributed by atoms with Crippen molar-refractivity contribution in [2.75, 3.05) is 20.3 Å². The maximum absolute atomic E-state index is 12.8. The summed E-state index contributed by atoms with van der Waals surface area (Å²) in [6, 6.07) is 4.02. The maximum atomic E-state index is 12.8. The Labute approximate surface area is 183 Å². The van der Waals surface area contributed by atoms with Crippen LogP contribution in [0.15, 0.2) is 17.5 Å². The second-order valence-electron chi connectivity index (χ2n) is 9.73. The van der Waals surface area contributed by atoms with Crippen LogP contribution >= 0.6 is 11.3 Å². The first kappa shape index (κ1) is 22.2. The van der Waals surface area contributed by atoms with Crippen LogP contribution in [0.4, 0.5) is 0 Å². The van der Waals surface area contributed by atoms with Gasteiger partial charge in [-0.15, -0.1) is 11.3 Å². The number of thiophene rings is 1. The van der Waals surface area contributed by atoms with E-state index in [4.69, 9.17) is 14.2 Å². The van der Waals surface area contributed by atoms with Gasteiger partial charge in [0.05, 0.1) is 32.0 Å². The fraction of sp³-hybridized carbons (Fsp3) is 0.783. The van der Waals surface area contributed by atoms with E-state index in [0.717, 1.165) is 30.6 Å². The van der Waals surface area contributed by atoms with Crippen LogP contribution in [-0.4, -0.2) is 49.8 Å². The number of hydrogen-bond donors (Lipinski definition) is 2. The zero-order valence-electron chi connectivity index (χ0n) is 18.3. The van der Waals surface area contributed by atoms with Crippen molar-refractivity contribution in [2.45, 2.75) is 71.0 Å². The molecule has 0 aromatic carbocycles. The van der Waals surface area contributed by atoms with Gasteiger partial charge in [-0.05, 0) is 54.4 Å². The van der Waals surface area contributed by atoms with Crippen LogP contribution in [0.2, 0.25) is 0 Å². The van der Waals surface area contributed by atoms with Gasteiger partial charge in [-0.1, -0.05) is 19.9 Å². The lowest BCUT2D eigenvalue weighted by atomic mass is 9.46. The summed E-state index contributed by atoms with van der Waals surface area (Å²) in [5.41, 5.74) is -0.215. The van der Waals surface area contributed by atoms with Crippen LogP contribution in [0.3, 0.4) is 0 Å². The minimum Gasteiger partial charge on any atom is -0.393 e. The van der Waals surface area contributed by atoms with Crippen molar-refractivity contribution in [2.24, 2.45) is 22.7 Å². The van der Waals surface area contributed by atoms with Crippen molar-refractivity contribution in [1.82, 2.24) is 5.32 Å². The minimum absolute atomic E-state index is 0.0258. The summed E-state index contributed by atoms with van der Waals surface area (Å²) < 4.78 is 17.5. The van der Waals surface area contributed by atoms with E-state index in [0.29, 0.717) is 32.1 Å². The number of carbonyl (C=O) groups excluding carboxylic acids is 1. The van der Waals surface area contributed by atoms with Crippen LogP contribution < -0.4 is 5.32 Å². The molecular formula is C23H35NO5S. The zero-order valence-corrected chi connectivity index (χ0v) is 19.1. The Bertz CT molecular complexity index is 727. The normalized spacial score (nSPS) is 41.0. The second kappa shape index (κ2) is 8.87. The third-order valence-electron chi connectivity index (χ3n) is 7.98. The van der Waals surface area contributed by atoms with Gasteiger partial charge in [-0.25, -0.2) is 0 Å². The number of rotatable bonds is 6. The number of ether oxygens (including phenoxy) is 3. The SMILES string of the molecule is COC[C@@H]1OC[C@@]2(C)[C@@H]3CC[C@@H](O)[C@@H](CC(=O)NCc4cccs4)[C@]3(C)CC[C@H]2O1. The molecule has 2 N–H and O–H groups in total. The van der Waals surface area contributed by atoms with Crippen molar-refractivity contribution in [1.29, 1.82) is 0 Å². The summed E-state index contributed by atoms with van der Waals surface area (Å²) >= 11 is 1.64. The van der Waals surface area contributed by atoms with Crippen LogP contribution in [0, 0.1) is 22.7 Å². The predicted octanol–water partition coefficient (Wildman–Crippen LogP) is 3.34. The minimum atomic E-state index is -0.439. The Kier molecular flexibility index (Phi) is 6.56. The summed E-state index contributed by atoms with van der Waals surface area (Å²) in [4.78, 5) is 13.9. The Morgan fingerprint density at radius 1 is 1.33 bits per heavy atom. The largest absolute Gasteiger partial charge is 0.393 e. The summed E-state index contributed by atoms with van der Waals surface area (Å²) in [5.74, 6) is 0.331. The number of aliphatic hydroxyl groups is 1. The number of nitrogens with one attached hydrogen (secondary N) is 1. The highest BCUT2D eigenvalue weighted by molar-refractivity contribution is 7.09. The van der Waals surface area contributed by atoms with Gasteiger partial charge in [0, 0.05) is 23.8 Å². The van der Waals surface area contributed by atoms with E-state index in [1.807, 2.05) is 17.5 Å². The first-order valence-corrected chi connectivity index (χ1v) is 12.0. The third-order valence-corrected chi connectivity index (χ3v) is 8.86. The van der Waals surface area contributed by atoms with E-state index in [9.17, 15) is 9.90 Å². The Balaban J connectivity index is 1.46. The van der Waals surface area contributed by atoms with Gasteiger partial charge in [0.25, 0.3) is 0 Å². The number of fused-ring (bicyclic) bond motifs is 3. The predicted molar refractivity (Wildman–Crippen MR) is 115 cm³/mol. The smallest absolute Gasteiger partial charge is 0.220 e. The third kappa shape index (κ3) is 4.07. The highest BCUT2D eigenvalue weighted by Crippen LogP contribution is 2.62. The van der Waals surface area contributed by atoms with Gasteiger partial charge < -0.3 is 24.6 Å². The standard InChI is InChI=1S/C23H35NO5S/c1-22-9-8-19-23(2,14-28-21(29-19)13-27-3)18(22)7-6-17(25)16(22)11-20(26)24-12-15-5-4-10-30-15/h4-5,10,16-19,21,25H,6-9,11-14H2,1-3H3,(H,24,26)/t16-,17-,18-,19-,21-,22+,23+/m1/s1. The van der Waals surface area contributed by atoms with Crippen molar-refractivity contribution < 1.29 is 24.1 Å². The number of amides is 1. The first-order chi connectivity index (χ1) is 14.4. The van der Waals surface area contributed by atoms with Gasteiger partial charge in [0.2, 0.25) is 5.91 Å². The molecule has 2 saturated carbocycles. The van der Waals surface area contributed by atoms with E-state index < -0.39 is 6.10 Å². The zero-order chi connectivity index (χ0) is 21.4. The number of methoxy groups -OCH3 is 1. The summed E-state index contributed by atoms with van der Waals surface area (Å²) in [5, 5.41) is 16.0. The first-order valence-electron chi connectivity index (χ1n) is 11.1. The molecule has 1 aliphatic heterocycles. The fourth-order valence-corrected chi connectivity index (χ4v) is 7.03. The van der Waals surface area contributed by atoms with Crippen molar-refractivity contribution in [3.05, 3.63) is 22.4 Å². The molecule has 30 heavy (non-hydrogen) atoms. The van der Waals surface area contributed by atoms with E-state index in [2.05, 4.69) is 19.2 Å². The molecule has 3 aliphatic rings. The molecule has 2 aliphatic carbocycles. The Morgan fingerprint density at radius 2 is 2.17 bits per heavy atom. The summed E-state index contributed by atoms with van der Waals surface area (Å²) in [7, 11) is 1.66. The van der Waals surface area contributed by atoms with E-state index >= 15 is 0 Å². The molecule has 1 aromatic heterocycles. The monoisotopic (exact) mass is 437 g/mol. The highest BCUT2D eigenvalue weighted by atomic mass is 32.1. The molecule has 4 rings (SSSR count). The lowest BCUT2D eigenvalue weighted by molar-refractivity contribution is -0.315. The van der Waals surface area contributed by atoms with Gasteiger partial charge in [-0.3, -0.25) is 4.79 Å². The maximum Gasteiger partial charge on any atom is 0.220 e. The Hall–Kier alpha value is -0.990. The number of aliphatic hydroxyl groups excluding tert-OH is 1. The van der Waals surface area contributed by atoms with Gasteiger partial charge in [-0.2, -0.15) is 0 Å². The van der Waals surface area contributed by atoms with Crippen molar-refractivity contribution in [3.8, 4) is 0 Å². The molecule has 6 nitrogen and oxygen atoms in total. The van der Waals surface area contributed by atoms with Gasteiger partial charge in [0.1, 0.15) is 0 Å². The molecule has 2 heterocycles. The van der Waals surface area contributed by atoms with Crippen molar-refractivity contribution in [3.63, 3.8) is 0 Å². The number of hydrogen-bond acceptors (Lipinski definition) is 6. The van der Waals surface area contributed by atoms with Gasteiger partial charge in [0.15, 0.2) is 6.29 Å². The molecule has 7 heteroatoms. The molecular weight excluding hydrogens is 402 g/mol. The lowest BCUT2D eigenvalue weighted by Crippen LogP contribution is -2.63. The van der Waals surface area contributed by atoms with Gasteiger partial charge >= 0.3 is 0 Å².